The predicted molar refractivity (Wildman–Crippen MR) is 68.1 cm³/mol. The highest BCUT2D eigenvalue weighted by Crippen LogP contribution is 2.27. The van der Waals surface area contributed by atoms with Gasteiger partial charge < -0.3 is 9.84 Å². The SMILES string of the molecule is Cc1nn(C)c(Oc2ccc(Br)cc2)c1CO. The Morgan fingerprint density at radius 2 is 2.00 bits per heavy atom. The summed E-state index contributed by atoms with van der Waals surface area (Å²) in [5.74, 6) is 1.29. The van der Waals surface area contributed by atoms with E-state index in [1.807, 2.05) is 31.2 Å². The Hall–Kier alpha value is -1.33. The van der Waals surface area contributed by atoms with Crippen LogP contribution in [0.15, 0.2) is 28.7 Å². The molecule has 0 aliphatic carbocycles. The Labute approximate surface area is 108 Å². The number of nitrogens with zero attached hydrogens (tertiary/aromatic N) is 2. The van der Waals surface area contributed by atoms with Crippen LogP contribution in [0.3, 0.4) is 0 Å². The van der Waals surface area contributed by atoms with E-state index in [1.54, 1.807) is 11.7 Å². The molecule has 0 saturated heterocycles. The molecule has 2 aromatic rings. The molecule has 1 N–H and O–H groups in total. The molecule has 0 aliphatic heterocycles. The van der Waals surface area contributed by atoms with Gasteiger partial charge in [-0.1, -0.05) is 15.9 Å². The zero-order chi connectivity index (χ0) is 12.4. The first-order chi connectivity index (χ1) is 8.11. The molecule has 90 valence electrons. The Morgan fingerprint density at radius 3 is 2.59 bits per heavy atom. The van der Waals surface area contributed by atoms with E-state index in [0.29, 0.717) is 11.6 Å². The van der Waals surface area contributed by atoms with Gasteiger partial charge in [0.05, 0.1) is 17.9 Å². The van der Waals surface area contributed by atoms with Gasteiger partial charge in [0.15, 0.2) is 0 Å². The molecule has 1 heterocycles. The van der Waals surface area contributed by atoms with Crippen molar-refractivity contribution < 1.29 is 9.84 Å². The van der Waals surface area contributed by atoms with Gasteiger partial charge in [0, 0.05) is 11.5 Å². The summed E-state index contributed by atoms with van der Waals surface area (Å²) < 4.78 is 8.35. The van der Waals surface area contributed by atoms with Crippen LogP contribution in [0.5, 0.6) is 11.6 Å². The van der Waals surface area contributed by atoms with Gasteiger partial charge in [0.1, 0.15) is 5.75 Å². The first-order valence-corrected chi connectivity index (χ1v) is 5.98. The molecule has 0 saturated carbocycles. The highest BCUT2D eigenvalue weighted by molar-refractivity contribution is 9.10. The molecule has 1 aromatic carbocycles. The van der Waals surface area contributed by atoms with Crippen LogP contribution < -0.4 is 4.74 Å². The molecule has 0 spiro atoms. The van der Waals surface area contributed by atoms with Gasteiger partial charge in [0.25, 0.3) is 0 Å². The van der Waals surface area contributed by atoms with E-state index in [9.17, 15) is 5.11 Å². The molecule has 0 amide bonds. The normalized spacial score (nSPS) is 10.6. The number of benzene rings is 1. The van der Waals surface area contributed by atoms with Gasteiger partial charge in [0.2, 0.25) is 5.88 Å². The summed E-state index contributed by atoms with van der Waals surface area (Å²) in [6.45, 7) is 1.77. The van der Waals surface area contributed by atoms with Crippen molar-refractivity contribution in [3.8, 4) is 11.6 Å². The maximum Gasteiger partial charge on any atom is 0.223 e. The molecule has 0 radical (unpaired) electrons. The van der Waals surface area contributed by atoms with E-state index in [4.69, 9.17) is 4.74 Å². The molecule has 0 bridgehead atoms. The van der Waals surface area contributed by atoms with Crippen molar-refractivity contribution in [1.82, 2.24) is 9.78 Å². The molecule has 1 aromatic heterocycles. The number of aliphatic hydroxyl groups excluding tert-OH is 1. The number of ether oxygens (including phenoxy) is 1. The predicted octanol–water partition coefficient (Wildman–Crippen LogP) is 2.78. The van der Waals surface area contributed by atoms with Crippen LogP contribution in [-0.2, 0) is 13.7 Å². The minimum atomic E-state index is -0.0778. The molecule has 0 aliphatic rings. The Kier molecular flexibility index (Phi) is 3.49. The van der Waals surface area contributed by atoms with E-state index in [2.05, 4.69) is 21.0 Å². The second-order valence-corrected chi connectivity index (χ2v) is 4.62. The topological polar surface area (TPSA) is 47.3 Å². The monoisotopic (exact) mass is 296 g/mol. The number of rotatable bonds is 3. The highest BCUT2D eigenvalue weighted by atomic mass is 79.9. The molecule has 0 unspecified atom stereocenters. The molecule has 5 heteroatoms. The minimum Gasteiger partial charge on any atom is -0.439 e. The van der Waals surface area contributed by atoms with Crippen LogP contribution in [0, 0.1) is 6.92 Å². The lowest BCUT2D eigenvalue weighted by Gasteiger charge is -2.07. The lowest BCUT2D eigenvalue weighted by atomic mass is 10.2. The fourth-order valence-corrected chi connectivity index (χ4v) is 1.87. The fraction of sp³-hybridized carbons (Fsp3) is 0.250. The third-order valence-electron chi connectivity index (χ3n) is 2.48. The Balaban J connectivity index is 2.32. The smallest absolute Gasteiger partial charge is 0.223 e. The van der Waals surface area contributed by atoms with Crippen molar-refractivity contribution in [2.24, 2.45) is 7.05 Å². The lowest BCUT2D eigenvalue weighted by molar-refractivity contribution is 0.274. The van der Waals surface area contributed by atoms with Gasteiger partial charge in [-0.2, -0.15) is 5.10 Å². The molecule has 0 atom stereocenters. The van der Waals surface area contributed by atoms with E-state index >= 15 is 0 Å². The van der Waals surface area contributed by atoms with Crippen molar-refractivity contribution in [2.75, 3.05) is 0 Å². The molecular weight excluding hydrogens is 284 g/mol. The van der Waals surface area contributed by atoms with Crippen LogP contribution >= 0.6 is 15.9 Å². The zero-order valence-electron chi connectivity index (χ0n) is 9.64. The average Bonchev–Trinajstić information content (AvgIpc) is 2.57. The number of aryl methyl sites for hydroxylation is 2. The van der Waals surface area contributed by atoms with Gasteiger partial charge in [-0.15, -0.1) is 0 Å². The summed E-state index contributed by atoms with van der Waals surface area (Å²) in [6.07, 6.45) is 0. The lowest BCUT2D eigenvalue weighted by Crippen LogP contribution is -1.97. The maximum atomic E-state index is 9.29. The molecular formula is C12H13BrN2O2. The number of halogens is 1. The summed E-state index contributed by atoms with van der Waals surface area (Å²) in [5.41, 5.74) is 1.50. The van der Waals surface area contributed by atoms with Crippen molar-refractivity contribution in [1.29, 1.82) is 0 Å². The van der Waals surface area contributed by atoms with Crippen LogP contribution in [0.25, 0.3) is 0 Å². The highest BCUT2D eigenvalue weighted by Gasteiger charge is 2.14. The summed E-state index contributed by atoms with van der Waals surface area (Å²) in [4.78, 5) is 0. The van der Waals surface area contributed by atoms with Crippen LogP contribution in [0.4, 0.5) is 0 Å². The first-order valence-electron chi connectivity index (χ1n) is 5.18. The fourth-order valence-electron chi connectivity index (χ4n) is 1.60. The third-order valence-corrected chi connectivity index (χ3v) is 3.00. The van der Waals surface area contributed by atoms with Gasteiger partial charge in [-0.25, -0.2) is 4.68 Å². The molecule has 2 rings (SSSR count). The zero-order valence-corrected chi connectivity index (χ0v) is 11.2. The van der Waals surface area contributed by atoms with Crippen LogP contribution in [0.1, 0.15) is 11.3 Å². The van der Waals surface area contributed by atoms with Crippen molar-refractivity contribution in [3.63, 3.8) is 0 Å². The quantitative estimate of drug-likeness (QED) is 0.947. The maximum absolute atomic E-state index is 9.29. The van der Waals surface area contributed by atoms with E-state index in [1.165, 1.54) is 0 Å². The first kappa shape index (κ1) is 12.1. The summed E-state index contributed by atoms with van der Waals surface area (Å²) >= 11 is 3.36. The molecule has 0 fully saturated rings. The summed E-state index contributed by atoms with van der Waals surface area (Å²) in [5, 5.41) is 13.5. The van der Waals surface area contributed by atoms with Crippen LogP contribution in [0.2, 0.25) is 0 Å². The van der Waals surface area contributed by atoms with Gasteiger partial charge in [-0.05, 0) is 31.2 Å². The average molecular weight is 297 g/mol. The molecule has 17 heavy (non-hydrogen) atoms. The summed E-state index contributed by atoms with van der Waals surface area (Å²) in [6, 6.07) is 7.51. The van der Waals surface area contributed by atoms with Crippen molar-refractivity contribution >= 4 is 15.9 Å². The van der Waals surface area contributed by atoms with Crippen LogP contribution in [-0.4, -0.2) is 14.9 Å². The standard InChI is InChI=1S/C12H13BrN2O2/c1-8-11(7-16)12(15(2)14-8)17-10-5-3-9(13)4-6-10/h3-6,16H,7H2,1-2H3. The summed E-state index contributed by atoms with van der Waals surface area (Å²) in [7, 11) is 1.79. The number of aliphatic hydroxyl groups is 1. The van der Waals surface area contributed by atoms with Crippen molar-refractivity contribution in [2.45, 2.75) is 13.5 Å². The van der Waals surface area contributed by atoms with Gasteiger partial charge in [-0.3, -0.25) is 0 Å². The second-order valence-electron chi connectivity index (χ2n) is 3.71. The number of hydrogen-bond donors (Lipinski definition) is 1. The third kappa shape index (κ3) is 2.50. The number of aromatic nitrogens is 2. The van der Waals surface area contributed by atoms with E-state index < -0.39 is 0 Å². The second kappa shape index (κ2) is 4.89. The van der Waals surface area contributed by atoms with Crippen molar-refractivity contribution in [3.05, 3.63) is 40.0 Å². The van der Waals surface area contributed by atoms with E-state index in [0.717, 1.165) is 15.7 Å². The Bertz CT molecular complexity index is 520. The van der Waals surface area contributed by atoms with E-state index in [-0.39, 0.29) is 6.61 Å². The minimum absolute atomic E-state index is 0.0778. The largest absolute Gasteiger partial charge is 0.439 e. The Morgan fingerprint density at radius 1 is 1.35 bits per heavy atom. The number of hydrogen-bond acceptors (Lipinski definition) is 3. The van der Waals surface area contributed by atoms with Gasteiger partial charge >= 0.3 is 0 Å². The molecule has 4 nitrogen and oxygen atoms in total.